The van der Waals surface area contributed by atoms with E-state index in [1.54, 1.807) is 0 Å². The second-order valence-corrected chi connectivity index (χ2v) is 7.97. The Balaban J connectivity index is 2.43. The fraction of sp³-hybridized carbons (Fsp3) is 1.00. The van der Waals surface area contributed by atoms with Crippen molar-refractivity contribution < 1.29 is 8.42 Å². The molecule has 0 aromatic carbocycles. The molecule has 15 heavy (non-hydrogen) atoms. The number of hydrogen-bond acceptors (Lipinski definition) is 2. The molecule has 0 N–H and O–H groups in total. The molecule has 0 amide bonds. The van der Waals surface area contributed by atoms with E-state index in [4.69, 9.17) is 11.6 Å². The molecule has 0 aromatic heterocycles. The molecule has 1 rings (SSSR count). The number of rotatable bonds is 5. The molecule has 1 fully saturated rings. The molecule has 1 aliphatic carbocycles. The van der Waals surface area contributed by atoms with Crippen LogP contribution in [0.2, 0.25) is 0 Å². The monoisotopic (exact) mass is 252 g/mol. The van der Waals surface area contributed by atoms with Crippen LogP contribution in [0.3, 0.4) is 0 Å². The lowest BCUT2D eigenvalue weighted by Gasteiger charge is -2.23. The number of alkyl halides is 1. The molecular formula is C11H21ClO2S. The van der Waals surface area contributed by atoms with Gasteiger partial charge in [-0.1, -0.05) is 13.8 Å². The van der Waals surface area contributed by atoms with Crippen LogP contribution in [0.25, 0.3) is 0 Å². The first-order chi connectivity index (χ1) is 6.87. The Morgan fingerprint density at radius 3 is 2.53 bits per heavy atom. The highest BCUT2D eigenvalue weighted by Crippen LogP contribution is 2.43. The van der Waals surface area contributed by atoms with Crippen LogP contribution in [-0.4, -0.2) is 25.3 Å². The molecule has 1 saturated carbocycles. The summed E-state index contributed by atoms with van der Waals surface area (Å²) in [5, 5.41) is 0.254. The zero-order chi connectivity index (χ0) is 11.5. The standard InChI is InChI=1S/C11H21ClO2S/c1-3-7-15(13,14)8-6-11(2)5-4-10(12)9-11/h10H,3-9H2,1-2H3. The van der Waals surface area contributed by atoms with Gasteiger partial charge in [0.15, 0.2) is 0 Å². The van der Waals surface area contributed by atoms with Crippen molar-refractivity contribution in [1.82, 2.24) is 0 Å². The maximum atomic E-state index is 11.6. The zero-order valence-corrected chi connectivity index (χ0v) is 11.2. The molecule has 2 unspecified atom stereocenters. The van der Waals surface area contributed by atoms with Gasteiger partial charge in [0.25, 0.3) is 0 Å². The highest BCUT2D eigenvalue weighted by Gasteiger charge is 2.34. The fourth-order valence-corrected chi connectivity index (χ4v) is 4.40. The summed E-state index contributed by atoms with van der Waals surface area (Å²) in [6, 6.07) is 0. The van der Waals surface area contributed by atoms with Gasteiger partial charge >= 0.3 is 0 Å². The average Bonchev–Trinajstić information content (AvgIpc) is 2.44. The van der Waals surface area contributed by atoms with Crippen molar-refractivity contribution in [3.05, 3.63) is 0 Å². The summed E-state index contributed by atoms with van der Waals surface area (Å²) in [5.74, 6) is 0.661. The quantitative estimate of drug-likeness (QED) is 0.705. The molecule has 0 aromatic rings. The maximum Gasteiger partial charge on any atom is 0.150 e. The predicted molar refractivity (Wildman–Crippen MR) is 65.2 cm³/mol. The van der Waals surface area contributed by atoms with E-state index in [0.29, 0.717) is 11.5 Å². The lowest BCUT2D eigenvalue weighted by molar-refractivity contribution is 0.325. The molecule has 0 heterocycles. The topological polar surface area (TPSA) is 34.1 Å². The van der Waals surface area contributed by atoms with Gasteiger partial charge in [-0.15, -0.1) is 11.6 Å². The van der Waals surface area contributed by atoms with E-state index < -0.39 is 9.84 Å². The van der Waals surface area contributed by atoms with E-state index in [1.165, 1.54) is 0 Å². The third kappa shape index (κ3) is 4.31. The number of hydrogen-bond donors (Lipinski definition) is 0. The summed E-state index contributed by atoms with van der Waals surface area (Å²) < 4.78 is 23.2. The number of halogens is 1. The summed E-state index contributed by atoms with van der Waals surface area (Å²) in [4.78, 5) is 0. The summed E-state index contributed by atoms with van der Waals surface area (Å²) in [5.41, 5.74) is 0.160. The molecule has 4 heteroatoms. The average molecular weight is 253 g/mol. The van der Waals surface area contributed by atoms with Crippen molar-refractivity contribution in [3.63, 3.8) is 0 Å². The van der Waals surface area contributed by atoms with E-state index in [9.17, 15) is 8.42 Å². The highest BCUT2D eigenvalue weighted by molar-refractivity contribution is 7.91. The summed E-state index contributed by atoms with van der Waals surface area (Å²) >= 11 is 6.06. The van der Waals surface area contributed by atoms with Crippen LogP contribution in [-0.2, 0) is 9.84 Å². The lowest BCUT2D eigenvalue weighted by Crippen LogP contribution is -2.20. The molecule has 0 spiro atoms. The molecule has 0 radical (unpaired) electrons. The molecular weight excluding hydrogens is 232 g/mol. The van der Waals surface area contributed by atoms with E-state index in [-0.39, 0.29) is 10.8 Å². The first-order valence-corrected chi connectivity index (χ1v) is 7.97. The van der Waals surface area contributed by atoms with Crippen LogP contribution in [0.1, 0.15) is 46.0 Å². The van der Waals surface area contributed by atoms with Gasteiger partial charge in [0.2, 0.25) is 0 Å². The zero-order valence-electron chi connectivity index (χ0n) is 9.63. The van der Waals surface area contributed by atoms with E-state index >= 15 is 0 Å². The van der Waals surface area contributed by atoms with Crippen molar-refractivity contribution >= 4 is 21.4 Å². The van der Waals surface area contributed by atoms with Crippen LogP contribution in [0, 0.1) is 5.41 Å². The van der Waals surface area contributed by atoms with Crippen LogP contribution in [0.5, 0.6) is 0 Å². The maximum absolute atomic E-state index is 11.6. The Kier molecular flexibility index (Phi) is 4.48. The molecule has 2 atom stereocenters. The first kappa shape index (κ1) is 13.3. The lowest BCUT2D eigenvalue weighted by atomic mass is 9.86. The molecule has 0 bridgehead atoms. The minimum Gasteiger partial charge on any atom is -0.229 e. The minimum atomic E-state index is -2.82. The minimum absolute atomic E-state index is 0.160. The Morgan fingerprint density at radius 1 is 1.40 bits per heavy atom. The van der Waals surface area contributed by atoms with Gasteiger partial charge in [-0.2, -0.15) is 0 Å². The predicted octanol–water partition coefficient (Wildman–Crippen LogP) is 3.00. The Hall–Kier alpha value is 0.240. The Bertz CT molecular complexity index is 300. The van der Waals surface area contributed by atoms with Crippen LogP contribution in [0.4, 0.5) is 0 Å². The third-order valence-electron chi connectivity index (χ3n) is 3.31. The van der Waals surface area contributed by atoms with Crippen LogP contribution >= 0.6 is 11.6 Å². The molecule has 90 valence electrons. The van der Waals surface area contributed by atoms with E-state index in [1.807, 2.05) is 6.92 Å². The van der Waals surface area contributed by atoms with Crippen molar-refractivity contribution in [2.24, 2.45) is 5.41 Å². The van der Waals surface area contributed by atoms with Crippen molar-refractivity contribution in [3.8, 4) is 0 Å². The highest BCUT2D eigenvalue weighted by atomic mass is 35.5. The molecule has 2 nitrogen and oxygen atoms in total. The SMILES string of the molecule is CCCS(=O)(=O)CCC1(C)CCC(Cl)C1. The van der Waals surface area contributed by atoms with Gasteiger partial charge in [0.1, 0.15) is 9.84 Å². The van der Waals surface area contributed by atoms with Gasteiger partial charge in [0.05, 0.1) is 5.75 Å². The summed E-state index contributed by atoms with van der Waals surface area (Å²) in [6.07, 6.45) is 4.57. The second kappa shape index (κ2) is 5.05. The first-order valence-electron chi connectivity index (χ1n) is 5.71. The van der Waals surface area contributed by atoms with Crippen molar-refractivity contribution in [2.75, 3.05) is 11.5 Å². The smallest absolute Gasteiger partial charge is 0.150 e. The van der Waals surface area contributed by atoms with Gasteiger partial charge in [0, 0.05) is 11.1 Å². The Morgan fingerprint density at radius 2 is 2.07 bits per heavy atom. The van der Waals surface area contributed by atoms with E-state index in [0.717, 1.165) is 32.1 Å². The van der Waals surface area contributed by atoms with E-state index in [2.05, 4.69) is 6.92 Å². The van der Waals surface area contributed by atoms with Gasteiger partial charge in [-0.05, 0) is 37.5 Å². The van der Waals surface area contributed by atoms with Crippen molar-refractivity contribution in [2.45, 2.75) is 51.3 Å². The second-order valence-electron chi connectivity index (χ2n) is 5.05. The van der Waals surface area contributed by atoms with Crippen molar-refractivity contribution in [1.29, 1.82) is 0 Å². The molecule has 0 saturated heterocycles. The van der Waals surface area contributed by atoms with Gasteiger partial charge in [-0.3, -0.25) is 0 Å². The normalized spacial score (nSPS) is 32.1. The summed E-state index contributed by atoms with van der Waals surface area (Å²) in [6.45, 7) is 4.07. The Labute approximate surface area is 98.3 Å². The molecule has 0 aliphatic heterocycles. The third-order valence-corrected chi connectivity index (χ3v) is 5.54. The van der Waals surface area contributed by atoms with Crippen LogP contribution < -0.4 is 0 Å². The summed E-state index contributed by atoms with van der Waals surface area (Å²) in [7, 11) is -2.82. The van der Waals surface area contributed by atoms with Gasteiger partial charge in [-0.25, -0.2) is 8.42 Å². The van der Waals surface area contributed by atoms with Gasteiger partial charge < -0.3 is 0 Å². The van der Waals surface area contributed by atoms with Crippen LogP contribution in [0.15, 0.2) is 0 Å². The molecule has 1 aliphatic rings. The fourth-order valence-electron chi connectivity index (χ4n) is 2.29. The number of sulfone groups is 1. The largest absolute Gasteiger partial charge is 0.229 e.